The number of hydrogen-bond acceptors (Lipinski definition) is 2. The molecule has 2 nitrogen and oxygen atoms in total. The minimum atomic E-state index is -4.27. The van der Waals surface area contributed by atoms with Gasteiger partial charge in [-0.1, -0.05) is 6.07 Å². The van der Waals surface area contributed by atoms with Crippen LogP contribution in [0.25, 0.3) is 0 Å². The Hall–Kier alpha value is -1.23. The number of anilines is 1. The summed E-state index contributed by atoms with van der Waals surface area (Å²) in [5, 5.41) is 0. The van der Waals surface area contributed by atoms with Crippen LogP contribution in [-0.4, -0.2) is 18.6 Å². The Morgan fingerprint density at radius 3 is 2.72 bits per heavy atom. The number of nitrogens with two attached hydrogens (primary N) is 1. The quantitative estimate of drug-likeness (QED) is 0.773. The predicted molar refractivity (Wildman–Crippen MR) is 63.5 cm³/mol. The molecule has 1 saturated heterocycles. The number of fused-ring (bicyclic) bond motifs is 3. The summed E-state index contributed by atoms with van der Waals surface area (Å²) in [6.45, 7) is 0.666. The van der Waals surface area contributed by atoms with Crippen LogP contribution in [0.5, 0.6) is 0 Å². The zero-order chi connectivity index (χ0) is 12.9. The number of nitrogens with zero attached hydrogens (tertiary/aromatic N) is 1. The maximum atomic E-state index is 12.7. The first kappa shape index (κ1) is 11.8. The van der Waals surface area contributed by atoms with E-state index in [2.05, 4.69) is 4.90 Å². The van der Waals surface area contributed by atoms with Gasteiger partial charge in [0, 0.05) is 24.3 Å². The van der Waals surface area contributed by atoms with Gasteiger partial charge in [0.2, 0.25) is 0 Å². The van der Waals surface area contributed by atoms with Crippen molar-refractivity contribution in [2.45, 2.75) is 37.5 Å². The summed E-state index contributed by atoms with van der Waals surface area (Å²) in [7, 11) is 0. The number of piperidine rings is 1. The zero-order valence-corrected chi connectivity index (χ0v) is 9.87. The second-order valence-corrected chi connectivity index (χ2v) is 5.19. The highest BCUT2D eigenvalue weighted by molar-refractivity contribution is 5.61. The smallest absolute Gasteiger partial charge is 0.366 e. The standard InChI is InChI=1S/C13H15F3N2/c14-13(15,16)9-2-1-8-5-11-4-3-10(17)7-18(11)12(8)6-9/h1-2,6,10-11H,3-5,7,17H2. The molecule has 1 fully saturated rings. The molecule has 0 aromatic heterocycles. The molecule has 0 radical (unpaired) electrons. The molecule has 2 aliphatic heterocycles. The number of hydrogen-bond donors (Lipinski definition) is 1. The summed E-state index contributed by atoms with van der Waals surface area (Å²) >= 11 is 0. The van der Waals surface area contributed by atoms with Gasteiger partial charge in [0.15, 0.2) is 0 Å². The van der Waals surface area contributed by atoms with Gasteiger partial charge in [0.05, 0.1) is 5.56 Å². The van der Waals surface area contributed by atoms with Crippen molar-refractivity contribution in [2.24, 2.45) is 5.73 Å². The topological polar surface area (TPSA) is 29.3 Å². The SMILES string of the molecule is NC1CCC2Cc3ccc(C(F)(F)F)cc3N2C1. The van der Waals surface area contributed by atoms with Crippen molar-refractivity contribution >= 4 is 5.69 Å². The van der Waals surface area contributed by atoms with Crippen LogP contribution in [-0.2, 0) is 12.6 Å². The number of halogens is 3. The molecule has 0 bridgehead atoms. The van der Waals surface area contributed by atoms with E-state index in [0.29, 0.717) is 12.6 Å². The molecule has 3 rings (SSSR count). The van der Waals surface area contributed by atoms with Crippen molar-refractivity contribution in [1.29, 1.82) is 0 Å². The van der Waals surface area contributed by atoms with E-state index in [1.165, 1.54) is 12.1 Å². The van der Waals surface area contributed by atoms with E-state index in [9.17, 15) is 13.2 Å². The average molecular weight is 256 g/mol. The molecule has 0 amide bonds. The Kier molecular flexibility index (Phi) is 2.55. The lowest BCUT2D eigenvalue weighted by Gasteiger charge is -2.35. The van der Waals surface area contributed by atoms with Gasteiger partial charge in [0.25, 0.3) is 0 Å². The molecule has 18 heavy (non-hydrogen) atoms. The van der Waals surface area contributed by atoms with E-state index >= 15 is 0 Å². The van der Waals surface area contributed by atoms with E-state index < -0.39 is 11.7 Å². The van der Waals surface area contributed by atoms with Crippen LogP contribution in [0.2, 0.25) is 0 Å². The predicted octanol–water partition coefficient (Wildman–Crippen LogP) is 2.56. The molecule has 98 valence electrons. The molecule has 2 unspecified atom stereocenters. The van der Waals surface area contributed by atoms with E-state index in [1.54, 1.807) is 6.07 Å². The Labute approximate surface area is 104 Å². The third kappa shape index (κ3) is 1.86. The van der Waals surface area contributed by atoms with Gasteiger partial charge in [-0.05, 0) is 37.0 Å². The first-order valence-corrected chi connectivity index (χ1v) is 6.17. The average Bonchev–Trinajstić information content (AvgIpc) is 2.65. The van der Waals surface area contributed by atoms with Gasteiger partial charge >= 0.3 is 6.18 Å². The molecule has 1 aromatic carbocycles. The number of rotatable bonds is 0. The van der Waals surface area contributed by atoms with Crippen molar-refractivity contribution in [2.75, 3.05) is 11.4 Å². The summed E-state index contributed by atoms with van der Waals surface area (Å²) in [5.41, 5.74) is 7.08. The van der Waals surface area contributed by atoms with Gasteiger partial charge in [-0.25, -0.2) is 0 Å². The molecular formula is C13H15F3N2. The number of benzene rings is 1. The molecule has 2 atom stereocenters. The third-order valence-electron chi connectivity index (χ3n) is 3.92. The Morgan fingerprint density at radius 2 is 2.00 bits per heavy atom. The van der Waals surface area contributed by atoms with E-state index in [-0.39, 0.29) is 6.04 Å². The van der Waals surface area contributed by atoms with Crippen LogP contribution < -0.4 is 10.6 Å². The highest BCUT2D eigenvalue weighted by Crippen LogP contribution is 2.40. The van der Waals surface area contributed by atoms with Crippen LogP contribution in [0.4, 0.5) is 18.9 Å². The Bertz CT molecular complexity index is 470. The molecule has 0 spiro atoms. The molecule has 0 saturated carbocycles. The van der Waals surface area contributed by atoms with Crippen LogP contribution in [0.1, 0.15) is 24.0 Å². The van der Waals surface area contributed by atoms with Crippen LogP contribution in [0.3, 0.4) is 0 Å². The van der Waals surface area contributed by atoms with Crippen molar-refractivity contribution in [3.63, 3.8) is 0 Å². The molecule has 2 N–H and O–H groups in total. The second-order valence-electron chi connectivity index (χ2n) is 5.19. The lowest BCUT2D eigenvalue weighted by atomic mass is 9.99. The van der Waals surface area contributed by atoms with Crippen molar-refractivity contribution in [1.82, 2.24) is 0 Å². The summed E-state index contributed by atoms with van der Waals surface area (Å²) in [4.78, 5) is 2.05. The highest BCUT2D eigenvalue weighted by Gasteiger charge is 2.37. The zero-order valence-electron chi connectivity index (χ0n) is 9.87. The van der Waals surface area contributed by atoms with Gasteiger partial charge in [-0.15, -0.1) is 0 Å². The van der Waals surface area contributed by atoms with E-state index in [4.69, 9.17) is 5.73 Å². The molecule has 2 heterocycles. The fourth-order valence-corrected chi connectivity index (χ4v) is 3.00. The molecule has 5 heteroatoms. The molecule has 2 aliphatic rings. The minimum absolute atomic E-state index is 0.0711. The summed E-state index contributed by atoms with van der Waals surface area (Å²) in [6.07, 6.45) is -1.50. The van der Waals surface area contributed by atoms with Crippen molar-refractivity contribution in [3.8, 4) is 0 Å². The van der Waals surface area contributed by atoms with Crippen LogP contribution >= 0.6 is 0 Å². The fourth-order valence-electron chi connectivity index (χ4n) is 3.00. The number of alkyl halides is 3. The lowest BCUT2D eigenvalue weighted by molar-refractivity contribution is -0.137. The molecule has 1 aromatic rings. The normalized spacial score (nSPS) is 27.0. The first-order valence-electron chi connectivity index (χ1n) is 6.17. The molecule has 0 aliphatic carbocycles. The van der Waals surface area contributed by atoms with Gasteiger partial charge in [-0.2, -0.15) is 13.2 Å². The van der Waals surface area contributed by atoms with Gasteiger partial charge in [-0.3, -0.25) is 0 Å². The van der Waals surface area contributed by atoms with Gasteiger partial charge < -0.3 is 10.6 Å². The minimum Gasteiger partial charge on any atom is -0.366 e. The van der Waals surface area contributed by atoms with Crippen molar-refractivity contribution < 1.29 is 13.2 Å². The third-order valence-corrected chi connectivity index (χ3v) is 3.92. The Balaban J connectivity index is 1.97. The Morgan fingerprint density at radius 1 is 1.22 bits per heavy atom. The van der Waals surface area contributed by atoms with E-state index in [1.807, 2.05) is 0 Å². The summed E-state index contributed by atoms with van der Waals surface area (Å²) in [6, 6.07) is 4.47. The monoisotopic (exact) mass is 256 g/mol. The fraction of sp³-hybridized carbons (Fsp3) is 0.538. The highest BCUT2D eigenvalue weighted by atomic mass is 19.4. The second kappa shape index (κ2) is 3.88. The first-order chi connectivity index (χ1) is 8.45. The van der Waals surface area contributed by atoms with Crippen LogP contribution in [0, 0.1) is 0 Å². The summed E-state index contributed by atoms with van der Waals surface area (Å²) in [5.74, 6) is 0. The van der Waals surface area contributed by atoms with Crippen LogP contribution in [0.15, 0.2) is 18.2 Å². The maximum absolute atomic E-state index is 12.7. The van der Waals surface area contributed by atoms with E-state index in [0.717, 1.165) is 30.5 Å². The maximum Gasteiger partial charge on any atom is 0.416 e. The van der Waals surface area contributed by atoms with Gasteiger partial charge in [0.1, 0.15) is 0 Å². The lowest BCUT2D eigenvalue weighted by Crippen LogP contribution is -2.47. The van der Waals surface area contributed by atoms with Crippen molar-refractivity contribution in [3.05, 3.63) is 29.3 Å². The summed E-state index contributed by atoms with van der Waals surface area (Å²) < 4.78 is 38.1. The largest absolute Gasteiger partial charge is 0.416 e. The molecular weight excluding hydrogens is 241 g/mol.